The van der Waals surface area contributed by atoms with E-state index in [-0.39, 0.29) is 47.4 Å². The van der Waals surface area contributed by atoms with Crippen LogP contribution in [0.2, 0.25) is 5.02 Å². The number of benzene rings is 2. The fourth-order valence-corrected chi connectivity index (χ4v) is 5.29. The zero-order valence-corrected chi connectivity index (χ0v) is 20.3. The number of ether oxygens (including phenoxy) is 1. The van der Waals surface area contributed by atoms with Gasteiger partial charge in [-0.25, -0.2) is 0 Å². The highest BCUT2D eigenvalue weighted by Crippen LogP contribution is 2.52. The first-order chi connectivity index (χ1) is 16.8. The van der Waals surface area contributed by atoms with Crippen LogP contribution in [0.25, 0.3) is 11.0 Å². The maximum Gasteiger partial charge on any atom is 0.291 e. The van der Waals surface area contributed by atoms with Crippen LogP contribution in [-0.4, -0.2) is 42.5 Å². The summed E-state index contributed by atoms with van der Waals surface area (Å²) in [5.41, 5.74) is -0.605. The second-order valence-electron chi connectivity index (χ2n) is 8.94. The Morgan fingerprint density at radius 3 is 2.69 bits per heavy atom. The predicted octanol–water partition coefficient (Wildman–Crippen LogP) is 4.49. The number of amides is 2. The summed E-state index contributed by atoms with van der Waals surface area (Å²) in [4.78, 5) is 45.0. The highest BCUT2D eigenvalue weighted by molar-refractivity contribution is 6.31. The molecule has 2 aromatic carbocycles. The van der Waals surface area contributed by atoms with Crippen molar-refractivity contribution in [2.45, 2.75) is 31.9 Å². The van der Waals surface area contributed by atoms with Crippen LogP contribution < -0.4 is 10.3 Å². The van der Waals surface area contributed by atoms with Crippen LogP contribution in [0.3, 0.4) is 0 Å². The van der Waals surface area contributed by atoms with Crippen LogP contribution in [0.5, 0.6) is 0 Å². The van der Waals surface area contributed by atoms with Crippen molar-refractivity contribution in [2.75, 3.05) is 24.6 Å². The van der Waals surface area contributed by atoms with Crippen LogP contribution in [0.15, 0.2) is 64.3 Å². The molecule has 0 radical (unpaired) electrons. The molecule has 0 fully saturated rings. The average molecular weight is 493 g/mol. The molecular weight excluding hydrogens is 468 g/mol. The van der Waals surface area contributed by atoms with Crippen molar-refractivity contribution in [3.8, 4) is 0 Å². The van der Waals surface area contributed by atoms with Gasteiger partial charge in [-0.15, -0.1) is 6.58 Å². The summed E-state index contributed by atoms with van der Waals surface area (Å²) in [6.45, 7) is 8.49. The molecule has 3 aromatic rings. The van der Waals surface area contributed by atoms with Gasteiger partial charge in [0.15, 0.2) is 11.0 Å². The Kier molecular flexibility index (Phi) is 5.77. The van der Waals surface area contributed by atoms with E-state index < -0.39 is 16.9 Å². The second-order valence-corrected chi connectivity index (χ2v) is 9.37. The number of fused-ring (bicyclic) bond motifs is 5. The number of halogens is 1. The van der Waals surface area contributed by atoms with Gasteiger partial charge in [-0.3, -0.25) is 14.4 Å². The molecule has 0 saturated heterocycles. The van der Waals surface area contributed by atoms with E-state index in [0.29, 0.717) is 29.3 Å². The number of para-hydroxylation sites is 1. The van der Waals surface area contributed by atoms with E-state index in [2.05, 4.69) is 6.58 Å². The Hall–Kier alpha value is -3.42. The molecule has 7 nitrogen and oxygen atoms in total. The van der Waals surface area contributed by atoms with E-state index in [4.69, 9.17) is 20.8 Å². The van der Waals surface area contributed by atoms with Gasteiger partial charge in [0.05, 0.1) is 22.7 Å². The lowest BCUT2D eigenvalue weighted by molar-refractivity contribution is -0.126. The summed E-state index contributed by atoms with van der Waals surface area (Å²) in [5.74, 6) is -0.996. The molecule has 0 aliphatic carbocycles. The third-order valence-corrected chi connectivity index (χ3v) is 6.72. The van der Waals surface area contributed by atoms with Gasteiger partial charge in [0.1, 0.15) is 5.58 Å². The van der Waals surface area contributed by atoms with Gasteiger partial charge in [0.25, 0.3) is 11.8 Å². The van der Waals surface area contributed by atoms with Crippen molar-refractivity contribution in [3.63, 3.8) is 0 Å². The Labute approximate surface area is 207 Å². The topological polar surface area (TPSA) is 80.1 Å². The maximum atomic E-state index is 14.2. The third-order valence-electron chi connectivity index (χ3n) is 6.49. The molecule has 1 unspecified atom stereocenters. The molecule has 2 aliphatic rings. The molecule has 5 rings (SSSR count). The Morgan fingerprint density at radius 2 is 1.94 bits per heavy atom. The van der Waals surface area contributed by atoms with Crippen molar-refractivity contribution in [1.29, 1.82) is 0 Å². The van der Waals surface area contributed by atoms with Crippen molar-refractivity contribution in [3.05, 3.63) is 87.3 Å². The monoisotopic (exact) mass is 492 g/mol. The summed E-state index contributed by atoms with van der Waals surface area (Å²) < 4.78 is 11.7. The van der Waals surface area contributed by atoms with E-state index in [1.54, 1.807) is 35.2 Å². The van der Waals surface area contributed by atoms with E-state index in [1.165, 1.54) is 11.0 Å². The van der Waals surface area contributed by atoms with E-state index in [9.17, 15) is 14.4 Å². The normalized spacial score (nSPS) is 18.7. The van der Waals surface area contributed by atoms with Gasteiger partial charge in [0.2, 0.25) is 5.76 Å². The van der Waals surface area contributed by atoms with Gasteiger partial charge < -0.3 is 19.0 Å². The number of anilines is 1. The van der Waals surface area contributed by atoms with Gasteiger partial charge in [-0.05, 0) is 44.5 Å². The molecule has 0 N–H and O–H groups in total. The fraction of sp³-hybridized carbons (Fsp3) is 0.296. The molecule has 180 valence electrons. The van der Waals surface area contributed by atoms with Crippen LogP contribution in [-0.2, 0) is 15.1 Å². The number of nitrogens with zero attached hydrogens (tertiary/aromatic N) is 2. The second kappa shape index (κ2) is 8.66. The molecule has 0 bridgehead atoms. The maximum absolute atomic E-state index is 14.2. The van der Waals surface area contributed by atoms with Crippen LogP contribution in [0.4, 0.5) is 5.69 Å². The average Bonchev–Trinajstić information content (AvgIpc) is 3.22. The molecule has 2 amide bonds. The zero-order chi connectivity index (χ0) is 24.9. The third kappa shape index (κ3) is 3.33. The smallest absolute Gasteiger partial charge is 0.291 e. The first-order valence-electron chi connectivity index (χ1n) is 11.5. The van der Waals surface area contributed by atoms with Crippen molar-refractivity contribution >= 4 is 40.1 Å². The largest absolute Gasteiger partial charge is 0.450 e. The van der Waals surface area contributed by atoms with Gasteiger partial charge in [-0.2, -0.15) is 0 Å². The van der Waals surface area contributed by atoms with Gasteiger partial charge in [-0.1, -0.05) is 35.9 Å². The fourth-order valence-electron chi connectivity index (χ4n) is 5.12. The summed E-state index contributed by atoms with van der Waals surface area (Å²) >= 11 is 6.18. The number of carbonyl (C=O) groups is 2. The Morgan fingerprint density at radius 1 is 1.17 bits per heavy atom. The van der Waals surface area contributed by atoms with Gasteiger partial charge >= 0.3 is 0 Å². The first kappa shape index (κ1) is 23.3. The van der Waals surface area contributed by atoms with E-state index in [1.807, 2.05) is 26.0 Å². The highest BCUT2D eigenvalue weighted by Gasteiger charge is 2.64. The van der Waals surface area contributed by atoms with E-state index >= 15 is 0 Å². The van der Waals surface area contributed by atoms with Crippen molar-refractivity contribution in [1.82, 2.24) is 4.90 Å². The SMILES string of the molecule is C=CCN1C(=O)C2(c3ccccc31)c1c(oc3ccc(Cl)cc3c1=O)C(=O)N2CCCOC(C)C. The molecule has 0 saturated carbocycles. The van der Waals surface area contributed by atoms with E-state index in [0.717, 1.165) is 0 Å². The molecule has 1 spiro atoms. The van der Waals surface area contributed by atoms with Crippen molar-refractivity contribution in [2.24, 2.45) is 0 Å². The first-order valence-corrected chi connectivity index (χ1v) is 11.9. The van der Waals surface area contributed by atoms with Gasteiger partial charge in [0, 0.05) is 30.3 Å². The zero-order valence-electron chi connectivity index (χ0n) is 19.5. The van der Waals surface area contributed by atoms with Crippen LogP contribution >= 0.6 is 11.6 Å². The molecule has 1 aromatic heterocycles. The Bertz CT molecular complexity index is 1430. The number of carbonyl (C=O) groups excluding carboxylic acids is 2. The minimum atomic E-state index is -1.64. The van der Waals surface area contributed by atoms with Crippen molar-refractivity contribution < 1.29 is 18.7 Å². The summed E-state index contributed by atoms with van der Waals surface area (Å²) in [7, 11) is 0. The number of hydrogen-bond acceptors (Lipinski definition) is 5. The molecule has 2 aliphatic heterocycles. The molecule has 35 heavy (non-hydrogen) atoms. The molecular formula is C27H25ClN2O5. The highest BCUT2D eigenvalue weighted by atomic mass is 35.5. The molecule has 3 heterocycles. The van der Waals surface area contributed by atoms with Crippen LogP contribution in [0.1, 0.15) is 41.9 Å². The minimum absolute atomic E-state index is 0.0330. The summed E-state index contributed by atoms with van der Waals surface area (Å²) in [6.07, 6.45) is 2.14. The van der Waals surface area contributed by atoms with Crippen LogP contribution in [0, 0.1) is 0 Å². The number of rotatable bonds is 7. The summed E-state index contributed by atoms with van der Waals surface area (Å²) in [5, 5.41) is 0.582. The minimum Gasteiger partial charge on any atom is -0.450 e. The lowest BCUT2D eigenvalue weighted by Gasteiger charge is -2.34. The summed E-state index contributed by atoms with van der Waals surface area (Å²) in [6, 6.07) is 11.9. The number of hydrogen-bond donors (Lipinski definition) is 0. The molecule has 1 atom stereocenters. The lowest BCUT2D eigenvalue weighted by Crippen LogP contribution is -2.53. The molecule has 8 heteroatoms. The predicted molar refractivity (Wildman–Crippen MR) is 134 cm³/mol. The lowest BCUT2D eigenvalue weighted by atomic mass is 9.84. The standard InChI is InChI=1S/C27H25ClN2O5/c1-4-12-29-20-9-6-5-8-19(20)27(26(29)33)22-23(31)18-15-17(28)10-11-21(18)35-24(22)25(32)30(27)13-7-14-34-16(2)3/h4-6,8-11,15-16H,1,7,12-14H2,2-3H3. The quantitative estimate of drug-likeness (QED) is 0.358. The Balaban J connectivity index is 1.78.